The van der Waals surface area contributed by atoms with Crippen LogP contribution in [0, 0.1) is 11.8 Å². The number of benzene rings is 2. The molecule has 2 heterocycles. The summed E-state index contributed by atoms with van der Waals surface area (Å²) in [5, 5.41) is 12.0. The van der Waals surface area contributed by atoms with Gasteiger partial charge >= 0.3 is 5.97 Å². The molecule has 2 aliphatic heterocycles. The van der Waals surface area contributed by atoms with Gasteiger partial charge < -0.3 is 24.4 Å². The third-order valence-electron chi connectivity index (χ3n) is 9.53. The highest BCUT2D eigenvalue weighted by atomic mass is 35.5. The minimum Gasteiger partial charge on any atom is -0.504 e. The molecule has 1 amide bonds. The molecule has 6 rings (SSSR count). The van der Waals surface area contributed by atoms with Crippen molar-refractivity contribution in [3.05, 3.63) is 51.0 Å². The minimum absolute atomic E-state index is 0.00815. The second-order valence-corrected chi connectivity index (χ2v) is 13.2. The molecule has 7 nitrogen and oxygen atoms in total. The number of phenolic OH excluding ortho intramolecular Hbond substituents is 1. The molecule has 0 unspecified atom stereocenters. The van der Waals surface area contributed by atoms with Crippen LogP contribution in [0.2, 0.25) is 10.0 Å². The van der Waals surface area contributed by atoms with E-state index in [-0.39, 0.29) is 47.6 Å². The van der Waals surface area contributed by atoms with Crippen LogP contribution in [0.25, 0.3) is 0 Å². The standard InChI is InChI=1S/C31H36Cl2N2O5/c1-16(2)15-35(27(38)12-18-5-7-21(32)22(33)11-18)23-8-6-20-24-13-19-26(39-17(3)36)14-25(37)29-28(19)31(20,30(23)40-29)9-10-34(24)4/h5,7,11,14,16,20,23-24,30,37H,6,8-10,12-13,15H2,1-4H3/t20-,23+,24+,30-,31-/m0/s1. The average Bonchev–Trinajstić information content (AvgIpc) is 3.23. The number of phenols is 1. The van der Waals surface area contributed by atoms with E-state index in [9.17, 15) is 14.7 Å². The number of halogens is 2. The van der Waals surface area contributed by atoms with Crippen LogP contribution in [0.5, 0.6) is 17.2 Å². The number of hydrogen-bond donors (Lipinski definition) is 1. The first-order valence-electron chi connectivity index (χ1n) is 14.2. The van der Waals surface area contributed by atoms with E-state index >= 15 is 0 Å². The predicted molar refractivity (Wildman–Crippen MR) is 153 cm³/mol. The van der Waals surface area contributed by atoms with Gasteiger partial charge in [0.05, 0.1) is 22.5 Å². The molecular formula is C31H36Cl2N2O5. The summed E-state index contributed by atoms with van der Waals surface area (Å²) in [4.78, 5) is 30.4. The lowest BCUT2D eigenvalue weighted by molar-refractivity contribution is -0.142. The van der Waals surface area contributed by atoms with E-state index in [2.05, 4.69) is 25.8 Å². The number of ether oxygens (including phenoxy) is 2. The third-order valence-corrected chi connectivity index (χ3v) is 10.3. The van der Waals surface area contributed by atoms with Crippen molar-refractivity contribution in [3.8, 4) is 17.2 Å². The minimum atomic E-state index is -0.415. The van der Waals surface area contributed by atoms with Gasteiger partial charge in [-0.25, -0.2) is 0 Å². The number of aromatic hydroxyl groups is 1. The van der Waals surface area contributed by atoms with Gasteiger partial charge in [-0.15, -0.1) is 0 Å². The van der Waals surface area contributed by atoms with Crippen molar-refractivity contribution >= 4 is 35.1 Å². The zero-order valence-corrected chi connectivity index (χ0v) is 24.9. The molecule has 0 aromatic heterocycles. The number of hydrogen-bond acceptors (Lipinski definition) is 6. The summed E-state index contributed by atoms with van der Waals surface area (Å²) >= 11 is 12.4. The smallest absolute Gasteiger partial charge is 0.308 e. The Labute approximate surface area is 245 Å². The Hall–Kier alpha value is -2.48. The van der Waals surface area contributed by atoms with Gasteiger partial charge in [-0.05, 0) is 68.8 Å². The second-order valence-electron chi connectivity index (χ2n) is 12.4. The predicted octanol–water partition coefficient (Wildman–Crippen LogP) is 5.39. The van der Waals surface area contributed by atoms with Crippen LogP contribution in [0.1, 0.15) is 56.7 Å². The normalized spacial score (nSPS) is 28.2. The van der Waals surface area contributed by atoms with E-state index in [1.807, 2.05) is 11.0 Å². The molecule has 1 saturated carbocycles. The summed E-state index contributed by atoms with van der Waals surface area (Å²) in [6.45, 7) is 7.12. The van der Waals surface area contributed by atoms with E-state index in [4.69, 9.17) is 32.7 Å². The van der Waals surface area contributed by atoms with Crippen molar-refractivity contribution in [2.75, 3.05) is 20.1 Å². The zero-order chi connectivity index (χ0) is 28.5. The van der Waals surface area contributed by atoms with Crippen molar-refractivity contribution < 1.29 is 24.2 Å². The van der Waals surface area contributed by atoms with Crippen LogP contribution >= 0.6 is 23.2 Å². The zero-order valence-electron chi connectivity index (χ0n) is 23.4. The Morgan fingerprint density at radius 3 is 2.70 bits per heavy atom. The third kappa shape index (κ3) is 4.27. The second kappa shape index (κ2) is 10.1. The van der Waals surface area contributed by atoms with E-state index in [0.29, 0.717) is 34.0 Å². The number of likely N-dealkylation sites (N-methyl/N-ethyl adjacent to an activating group) is 1. The topological polar surface area (TPSA) is 79.3 Å². The molecule has 2 aromatic rings. The Kier molecular flexibility index (Phi) is 6.99. The van der Waals surface area contributed by atoms with Crippen molar-refractivity contribution in [1.82, 2.24) is 9.80 Å². The quantitative estimate of drug-likeness (QED) is 0.361. The molecule has 5 atom stereocenters. The van der Waals surface area contributed by atoms with E-state index in [0.717, 1.165) is 48.9 Å². The fraction of sp³-hybridized carbons (Fsp3) is 0.548. The number of likely N-dealkylation sites (tertiary alicyclic amines) is 1. The largest absolute Gasteiger partial charge is 0.504 e. The van der Waals surface area contributed by atoms with Crippen LogP contribution in [0.15, 0.2) is 24.3 Å². The Bertz CT molecular complexity index is 1380. The summed E-state index contributed by atoms with van der Waals surface area (Å²) in [7, 11) is 2.16. The maximum Gasteiger partial charge on any atom is 0.308 e. The first kappa shape index (κ1) is 27.7. The lowest BCUT2D eigenvalue weighted by Crippen LogP contribution is -2.69. The molecule has 2 fully saturated rings. The van der Waals surface area contributed by atoms with Gasteiger partial charge in [0.15, 0.2) is 11.5 Å². The fourth-order valence-corrected chi connectivity index (χ4v) is 8.39. The van der Waals surface area contributed by atoms with Gasteiger partial charge in [-0.1, -0.05) is 43.1 Å². The number of carbonyl (C=O) groups excluding carboxylic acids is 2. The van der Waals surface area contributed by atoms with Gasteiger partial charge in [0.25, 0.3) is 0 Å². The Balaban J connectivity index is 1.43. The molecule has 4 aliphatic rings. The molecular weight excluding hydrogens is 551 g/mol. The number of esters is 1. The monoisotopic (exact) mass is 586 g/mol. The number of piperidine rings is 1. The number of rotatable bonds is 6. The van der Waals surface area contributed by atoms with Crippen LogP contribution in [-0.4, -0.2) is 65.1 Å². The lowest BCUT2D eigenvalue weighted by atomic mass is 9.51. The molecule has 2 aromatic carbocycles. The van der Waals surface area contributed by atoms with Gasteiger partial charge in [0.1, 0.15) is 11.9 Å². The molecule has 214 valence electrons. The molecule has 9 heteroatoms. The summed E-state index contributed by atoms with van der Waals surface area (Å²) in [5.74, 6) is 1.09. The Morgan fingerprint density at radius 2 is 2.00 bits per heavy atom. The SMILES string of the molecule is CC(=O)Oc1cc(O)c2c3c1C[C@@H]1[C@@H]4CC[C@@H](N(CC(C)C)C(=O)Cc5ccc(Cl)c(Cl)c5)[C@H](O2)[C@]34CCN1C. The van der Waals surface area contributed by atoms with Gasteiger partial charge in [-0.2, -0.15) is 0 Å². The highest BCUT2D eigenvalue weighted by Gasteiger charge is 2.67. The summed E-state index contributed by atoms with van der Waals surface area (Å²) in [6.07, 6.45) is 3.28. The summed E-state index contributed by atoms with van der Waals surface area (Å²) in [5.41, 5.74) is 2.40. The van der Waals surface area contributed by atoms with Crippen molar-refractivity contribution in [1.29, 1.82) is 0 Å². The number of carbonyl (C=O) groups is 2. The molecule has 2 aliphatic carbocycles. The highest BCUT2D eigenvalue weighted by molar-refractivity contribution is 6.42. The van der Waals surface area contributed by atoms with Crippen LogP contribution in [0.4, 0.5) is 0 Å². The van der Waals surface area contributed by atoms with Crippen LogP contribution in [0.3, 0.4) is 0 Å². The van der Waals surface area contributed by atoms with Gasteiger partial charge in [0, 0.05) is 42.1 Å². The van der Waals surface area contributed by atoms with Crippen molar-refractivity contribution in [3.63, 3.8) is 0 Å². The maximum absolute atomic E-state index is 14.0. The maximum atomic E-state index is 14.0. The van der Waals surface area contributed by atoms with Crippen LogP contribution in [-0.2, 0) is 27.8 Å². The summed E-state index contributed by atoms with van der Waals surface area (Å²) in [6, 6.07) is 6.97. The fourth-order valence-electron chi connectivity index (χ4n) is 8.07. The highest BCUT2D eigenvalue weighted by Crippen LogP contribution is 2.65. The molecule has 40 heavy (non-hydrogen) atoms. The van der Waals surface area contributed by atoms with E-state index in [1.165, 1.54) is 13.0 Å². The molecule has 1 saturated heterocycles. The first-order valence-corrected chi connectivity index (χ1v) is 14.9. The number of amides is 1. The van der Waals surface area contributed by atoms with Gasteiger partial charge in [-0.3, -0.25) is 9.59 Å². The van der Waals surface area contributed by atoms with Crippen molar-refractivity contribution in [2.24, 2.45) is 11.8 Å². The summed E-state index contributed by atoms with van der Waals surface area (Å²) < 4.78 is 12.4. The van der Waals surface area contributed by atoms with E-state index < -0.39 is 5.97 Å². The van der Waals surface area contributed by atoms with Crippen LogP contribution < -0.4 is 9.47 Å². The van der Waals surface area contributed by atoms with E-state index in [1.54, 1.807) is 12.1 Å². The first-order chi connectivity index (χ1) is 19.0. The molecule has 1 spiro atoms. The number of nitrogens with zero attached hydrogens (tertiary/aromatic N) is 2. The van der Waals surface area contributed by atoms with Gasteiger partial charge in [0.2, 0.25) is 5.91 Å². The average molecular weight is 588 g/mol. The molecule has 0 radical (unpaired) electrons. The molecule has 1 N–H and O–H groups in total. The van der Waals surface area contributed by atoms with Crippen molar-refractivity contribution in [2.45, 2.75) is 76.5 Å². The molecule has 2 bridgehead atoms. The lowest BCUT2D eigenvalue weighted by Gasteiger charge is -2.60. The Morgan fingerprint density at radius 1 is 1.23 bits per heavy atom.